The Morgan fingerprint density at radius 2 is 1.83 bits per heavy atom. The molecule has 1 atom stereocenters. The Bertz CT molecular complexity index is 699. The lowest BCUT2D eigenvalue weighted by Crippen LogP contribution is -2.51. The molecule has 130 valence electrons. The Kier molecular flexibility index (Phi) is 5.82. The van der Waals surface area contributed by atoms with Crippen LogP contribution in [-0.4, -0.2) is 60.1 Å². The second-order valence-corrected chi connectivity index (χ2v) is 7.11. The summed E-state index contributed by atoms with van der Waals surface area (Å²) >= 11 is 12.4. The van der Waals surface area contributed by atoms with Crippen molar-refractivity contribution in [3.8, 4) is 0 Å². The maximum atomic E-state index is 6.27. The quantitative estimate of drug-likeness (QED) is 0.866. The van der Waals surface area contributed by atoms with Crippen molar-refractivity contribution in [2.24, 2.45) is 0 Å². The molecule has 24 heavy (non-hydrogen) atoms. The fourth-order valence-corrected chi connectivity index (χ4v) is 3.50. The molecule has 1 aromatic heterocycles. The van der Waals surface area contributed by atoms with Crippen LogP contribution in [0.15, 0.2) is 24.3 Å². The molecule has 0 saturated carbocycles. The number of likely N-dealkylation sites (N-methyl/N-ethyl adjacent to an activating group) is 1. The number of pyridine rings is 1. The zero-order valence-corrected chi connectivity index (χ0v) is 15.7. The molecule has 0 radical (unpaired) electrons. The highest BCUT2D eigenvalue weighted by Crippen LogP contribution is 2.30. The van der Waals surface area contributed by atoms with Crippen LogP contribution in [0.4, 0.5) is 5.82 Å². The molecule has 3 rings (SSSR count). The molecular weight excluding hydrogens is 343 g/mol. The van der Waals surface area contributed by atoms with Crippen LogP contribution in [0.1, 0.15) is 13.8 Å². The van der Waals surface area contributed by atoms with Gasteiger partial charge in [-0.2, -0.15) is 0 Å². The highest BCUT2D eigenvalue weighted by Gasteiger charge is 2.20. The van der Waals surface area contributed by atoms with Gasteiger partial charge in [-0.05, 0) is 31.7 Å². The van der Waals surface area contributed by atoms with Gasteiger partial charge < -0.3 is 10.2 Å². The Labute approximate surface area is 153 Å². The standard InChI is InChI=1S/C18H24Cl2N4/c1-3-23-8-10-24(11-9-23)13(2)12-21-16-7-5-14-4-6-15(19)17(20)18(14)22-16/h4-7,13H,3,8-12H2,1-2H3,(H,21,22)/t13-/m1/s1. The van der Waals surface area contributed by atoms with E-state index in [1.807, 2.05) is 18.2 Å². The van der Waals surface area contributed by atoms with Crippen LogP contribution in [0.2, 0.25) is 10.0 Å². The summed E-state index contributed by atoms with van der Waals surface area (Å²) in [6, 6.07) is 8.23. The predicted octanol–water partition coefficient (Wildman–Crippen LogP) is 3.98. The fraction of sp³-hybridized carbons (Fsp3) is 0.500. The molecule has 1 aliphatic heterocycles. The zero-order valence-electron chi connectivity index (χ0n) is 14.2. The first-order valence-corrected chi connectivity index (χ1v) is 9.29. The van der Waals surface area contributed by atoms with Crippen LogP contribution in [0, 0.1) is 0 Å². The number of nitrogens with zero attached hydrogens (tertiary/aromatic N) is 3. The summed E-state index contributed by atoms with van der Waals surface area (Å²) < 4.78 is 0. The average molecular weight is 367 g/mol. The number of aromatic nitrogens is 1. The number of rotatable bonds is 5. The highest BCUT2D eigenvalue weighted by molar-refractivity contribution is 6.45. The largest absolute Gasteiger partial charge is 0.368 e. The number of anilines is 1. The van der Waals surface area contributed by atoms with Gasteiger partial charge in [-0.1, -0.05) is 36.2 Å². The minimum absolute atomic E-state index is 0.469. The van der Waals surface area contributed by atoms with Crippen molar-refractivity contribution in [3.05, 3.63) is 34.3 Å². The first kappa shape index (κ1) is 17.7. The van der Waals surface area contributed by atoms with Crippen molar-refractivity contribution >= 4 is 39.9 Å². The molecule has 0 spiro atoms. The Morgan fingerprint density at radius 3 is 2.54 bits per heavy atom. The minimum Gasteiger partial charge on any atom is -0.368 e. The smallest absolute Gasteiger partial charge is 0.126 e. The maximum Gasteiger partial charge on any atom is 0.126 e. The van der Waals surface area contributed by atoms with Gasteiger partial charge in [-0.25, -0.2) is 4.98 Å². The van der Waals surface area contributed by atoms with Crippen LogP contribution in [-0.2, 0) is 0 Å². The lowest BCUT2D eigenvalue weighted by atomic mass is 10.2. The molecule has 1 N–H and O–H groups in total. The second kappa shape index (κ2) is 7.87. The van der Waals surface area contributed by atoms with E-state index in [1.54, 1.807) is 6.07 Å². The third-order valence-corrected chi connectivity index (χ3v) is 5.60. The summed E-state index contributed by atoms with van der Waals surface area (Å²) in [6.45, 7) is 11.1. The summed E-state index contributed by atoms with van der Waals surface area (Å²) in [4.78, 5) is 9.65. The monoisotopic (exact) mass is 366 g/mol. The van der Waals surface area contributed by atoms with Gasteiger partial charge in [0.25, 0.3) is 0 Å². The van der Waals surface area contributed by atoms with Crippen molar-refractivity contribution in [2.75, 3.05) is 44.6 Å². The molecule has 0 aliphatic carbocycles. The maximum absolute atomic E-state index is 6.27. The van der Waals surface area contributed by atoms with E-state index in [-0.39, 0.29) is 0 Å². The fourth-order valence-electron chi connectivity index (χ4n) is 3.13. The number of piperazine rings is 1. The molecule has 0 bridgehead atoms. The summed E-state index contributed by atoms with van der Waals surface area (Å²) in [7, 11) is 0. The van der Waals surface area contributed by atoms with Crippen molar-refractivity contribution in [3.63, 3.8) is 0 Å². The molecule has 1 aliphatic rings. The van der Waals surface area contributed by atoms with E-state index >= 15 is 0 Å². The Balaban J connectivity index is 1.62. The molecular formula is C18H24Cl2N4. The second-order valence-electron chi connectivity index (χ2n) is 6.33. The number of halogens is 2. The van der Waals surface area contributed by atoms with Gasteiger partial charge in [0.2, 0.25) is 0 Å². The summed E-state index contributed by atoms with van der Waals surface area (Å²) in [6.07, 6.45) is 0. The topological polar surface area (TPSA) is 31.4 Å². The van der Waals surface area contributed by atoms with Crippen molar-refractivity contribution < 1.29 is 0 Å². The van der Waals surface area contributed by atoms with Crippen LogP contribution in [0.3, 0.4) is 0 Å². The minimum atomic E-state index is 0.469. The highest BCUT2D eigenvalue weighted by atomic mass is 35.5. The average Bonchev–Trinajstić information content (AvgIpc) is 2.63. The number of hydrogen-bond acceptors (Lipinski definition) is 4. The molecule has 6 heteroatoms. The van der Waals surface area contributed by atoms with E-state index in [0.717, 1.165) is 56.0 Å². The number of benzene rings is 1. The van der Waals surface area contributed by atoms with Crippen LogP contribution < -0.4 is 5.32 Å². The van der Waals surface area contributed by atoms with Gasteiger partial charge in [0.15, 0.2) is 0 Å². The molecule has 1 fully saturated rings. The van der Waals surface area contributed by atoms with E-state index in [0.29, 0.717) is 16.1 Å². The van der Waals surface area contributed by atoms with Crippen LogP contribution in [0.5, 0.6) is 0 Å². The number of fused-ring (bicyclic) bond motifs is 1. The Morgan fingerprint density at radius 1 is 1.12 bits per heavy atom. The van der Waals surface area contributed by atoms with E-state index in [9.17, 15) is 0 Å². The summed E-state index contributed by atoms with van der Waals surface area (Å²) in [5.74, 6) is 0.839. The van der Waals surface area contributed by atoms with E-state index < -0.39 is 0 Å². The molecule has 0 unspecified atom stereocenters. The Hall–Kier alpha value is -1.07. The lowest BCUT2D eigenvalue weighted by Gasteiger charge is -2.37. The van der Waals surface area contributed by atoms with E-state index in [4.69, 9.17) is 23.2 Å². The van der Waals surface area contributed by atoms with Gasteiger partial charge in [-0.3, -0.25) is 4.90 Å². The predicted molar refractivity (Wildman–Crippen MR) is 103 cm³/mol. The SMILES string of the molecule is CCN1CCN([C@H](C)CNc2ccc3ccc(Cl)c(Cl)c3n2)CC1. The van der Waals surface area contributed by atoms with Gasteiger partial charge in [-0.15, -0.1) is 0 Å². The van der Waals surface area contributed by atoms with E-state index in [2.05, 4.69) is 33.9 Å². The molecule has 1 aromatic carbocycles. The van der Waals surface area contributed by atoms with Crippen molar-refractivity contribution in [1.82, 2.24) is 14.8 Å². The van der Waals surface area contributed by atoms with Gasteiger partial charge in [0.1, 0.15) is 5.82 Å². The number of nitrogens with one attached hydrogen (secondary N) is 1. The normalized spacial score (nSPS) is 18.0. The first-order valence-electron chi connectivity index (χ1n) is 8.53. The molecule has 0 amide bonds. The third kappa shape index (κ3) is 3.94. The van der Waals surface area contributed by atoms with Crippen molar-refractivity contribution in [1.29, 1.82) is 0 Å². The third-order valence-electron chi connectivity index (χ3n) is 4.81. The van der Waals surface area contributed by atoms with Gasteiger partial charge in [0, 0.05) is 44.2 Å². The summed E-state index contributed by atoms with van der Waals surface area (Å²) in [5.41, 5.74) is 0.748. The molecule has 2 heterocycles. The van der Waals surface area contributed by atoms with E-state index in [1.165, 1.54) is 0 Å². The van der Waals surface area contributed by atoms with Crippen LogP contribution in [0.25, 0.3) is 10.9 Å². The van der Waals surface area contributed by atoms with Gasteiger partial charge in [0.05, 0.1) is 15.6 Å². The lowest BCUT2D eigenvalue weighted by molar-refractivity contribution is 0.110. The first-order chi connectivity index (χ1) is 11.6. The zero-order chi connectivity index (χ0) is 17.1. The number of hydrogen-bond donors (Lipinski definition) is 1. The van der Waals surface area contributed by atoms with Crippen LogP contribution >= 0.6 is 23.2 Å². The molecule has 2 aromatic rings. The van der Waals surface area contributed by atoms with Gasteiger partial charge >= 0.3 is 0 Å². The molecule has 1 saturated heterocycles. The molecule has 4 nitrogen and oxygen atoms in total. The summed E-state index contributed by atoms with van der Waals surface area (Å²) in [5, 5.41) is 5.49. The van der Waals surface area contributed by atoms with Crippen molar-refractivity contribution in [2.45, 2.75) is 19.9 Å².